The van der Waals surface area contributed by atoms with Crippen molar-refractivity contribution in [3.8, 4) is 11.4 Å². The minimum absolute atomic E-state index is 0.0528. The summed E-state index contributed by atoms with van der Waals surface area (Å²) < 4.78 is 1.96. The van der Waals surface area contributed by atoms with Gasteiger partial charge >= 0.3 is 0 Å². The number of hydrogen-bond acceptors (Lipinski definition) is 4. The highest BCUT2D eigenvalue weighted by molar-refractivity contribution is 7.99. The molecule has 2 heterocycles. The van der Waals surface area contributed by atoms with Crippen molar-refractivity contribution in [3.63, 3.8) is 0 Å². The number of amides is 1. The molecule has 0 bridgehead atoms. The Morgan fingerprint density at radius 2 is 2.45 bits per heavy atom. The predicted octanol–water partition coefficient (Wildman–Crippen LogP) is 2.12. The van der Waals surface area contributed by atoms with E-state index >= 15 is 0 Å². The normalized spacial score (nSPS) is 18.1. The molecule has 22 heavy (non-hydrogen) atoms. The van der Waals surface area contributed by atoms with Crippen molar-refractivity contribution in [1.29, 1.82) is 0 Å². The summed E-state index contributed by atoms with van der Waals surface area (Å²) in [7, 11) is 1.96. The molecule has 0 aliphatic carbocycles. The molecule has 1 aromatic carbocycles. The van der Waals surface area contributed by atoms with Crippen LogP contribution in [-0.2, 0) is 11.8 Å². The highest BCUT2D eigenvalue weighted by atomic mass is 32.2. The fraction of sp³-hybridized carbons (Fsp3) is 0.375. The molecule has 1 fully saturated rings. The van der Waals surface area contributed by atoms with Gasteiger partial charge in [-0.3, -0.25) is 4.79 Å². The third-order valence-corrected chi connectivity index (χ3v) is 4.79. The van der Waals surface area contributed by atoms with Crippen LogP contribution < -0.4 is 10.6 Å². The van der Waals surface area contributed by atoms with Gasteiger partial charge in [0.15, 0.2) is 0 Å². The first-order valence-electron chi connectivity index (χ1n) is 7.41. The Balaban J connectivity index is 1.65. The molecule has 2 aromatic rings. The second kappa shape index (κ2) is 6.98. The number of rotatable bonds is 4. The molecule has 1 unspecified atom stereocenters. The number of thioether (sulfide) groups is 1. The van der Waals surface area contributed by atoms with Crippen molar-refractivity contribution >= 4 is 23.4 Å². The number of benzene rings is 1. The van der Waals surface area contributed by atoms with Crippen molar-refractivity contribution in [2.45, 2.75) is 12.5 Å². The van der Waals surface area contributed by atoms with Crippen LogP contribution >= 0.6 is 11.8 Å². The molecule has 6 heteroatoms. The molecule has 0 radical (unpaired) electrons. The van der Waals surface area contributed by atoms with Gasteiger partial charge in [-0.25, -0.2) is 4.98 Å². The van der Waals surface area contributed by atoms with Crippen molar-refractivity contribution in [2.24, 2.45) is 7.05 Å². The first-order chi connectivity index (χ1) is 10.7. The topological polar surface area (TPSA) is 59.0 Å². The lowest BCUT2D eigenvalue weighted by atomic mass is 10.1. The Morgan fingerprint density at radius 3 is 3.18 bits per heavy atom. The average Bonchev–Trinajstić information content (AvgIpc) is 2.94. The maximum absolute atomic E-state index is 12.2. The van der Waals surface area contributed by atoms with Gasteiger partial charge in [0.1, 0.15) is 5.82 Å². The summed E-state index contributed by atoms with van der Waals surface area (Å²) in [6.45, 7) is 0.983. The summed E-state index contributed by atoms with van der Waals surface area (Å²) in [4.78, 5) is 16.5. The van der Waals surface area contributed by atoms with E-state index in [9.17, 15) is 4.79 Å². The lowest BCUT2D eigenvalue weighted by molar-refractivity contribution is -0.116. The van der Waals surface area contributed by atoms with Crippen LogP contribution in [0.3, 0.4) is 0 Å². The van der Waals surface area contributed by atoms with E-state index in [0.29, 0.717) is 6.42 Å². The number of aryl methyl sites for hydroxylation is 1. The Bertz CT molecular complexity index is 649. The number of carbonyl (C=O) groups is 1. The van der Waals surface area contributed by atoms with Gasteiger partial charge in [-0.15, -0.1) is 0 Å². The molecular formula is C16H20N4OS. The third-order valence-electron chi connectivity index (χ3n) is 3.66. The number of carbonyl (C=O) groups excluding carboxylic acids is 1. The summed E-state index contributed by atoms with van der Waals surface area (Å²) in [5.74, 6) is 3.07. The number of aromatic nitrogens is 2. The largest absolute Gasteiger partial charge is 0.334 e. The summed E-state index contributed by atoms with van der Waals surface area (Å²) >= 11 is 1.90. The zero-order valence-corrected chi connectivity index (χ0v) is 13.4. The third kappa shape index (κ3) is 3.69. The summed E-state index contributed by atoms with van der Waals surface area (Å²) in [6.07, 6.45) is 4.19. The molecule has 1 aliphatic rings. The maximum atomic E-state index is 12.2. The number of anilines is 1. The lowest BCUT2D eigenvalue weighted by Gasteiger charge is -2.22. The molecule has 2 N–H and O–H groups in total. The first-order valence-corrected chi connectivity index (χ1v) is 8.56. The van der Waals surface area contributed by atoms with Gasteiger partial charge in [-0.1, -0.05) is 12.1 Å². The van der Waals surface area contributed by atoms with Gasteiger partial charge < -0.3 is 15.2 Å². The average molecular weight is 316 g/mol. The predicted molar refractivity (Wildman–Crippen MR) is 91.0 cm³/mol. The van der Waals surface area contributed by atoms with Gasteiger partial charge in [0.25, 0.3) is 0 Å². The summed E-state index contributed by atoms with van der Waals surface area (Å²) in [5.41, 5.74) is 1.81. The van der Waals surface area contributed by atoms with E-state index in [1.165, 1.54) is 0 Å². The first kappa shape index (κ1) is 15.1. The van der Waals surface area contributed by atoms with E-state index in [0.717, 1.165) is 35.1 Å². The molecule has 1 saturated heterocycles. The van der Waals surface area contributed by atoms with Crippen LogP contribution in [0.4, 0.5) is 5.69 Å². The van der Waals surface area contributed by atoms with Gasteiger partial charge in [0.05, 0.1) is 0 Å². The molecule has 0 spiro atoms. The van der Waals surface area contributed by atoms with E-state index < -0.39 is 0 Å². The zero-order valence-electron chi connectivity index (χ0n) is 12.6. The number of imidazole rings is 1. The zero-order chi connectivity index (χ0) is 15.4. The van der Waals surface area contributed by atoms with Crippen LogP contribution in [0.2, 0.25) is 0 Å². The number of nitrogens with one attached hydrogen (secondary N) is 2. The Labute approximate surface area is 134 Å². The maximum Gasteiger partial charge on any atom is 0.225 e. The molecule has 5 nitrogen and oxygen atoms in total. The summed E-state index contributed by atoms with van der Waals surface area (Å²) in [6, 6.07) is 8.08. The van der Waals surface area contributed by atoms with E-state index in [-0.39, 0.29) is 11.9 Å². The van der Waals surface area contributed by atoms with Crippen molar-refractivity contribution < 1.29 is 4.79 Å². The molecule has 1 amide bonds. The lowest BCUT2D eigenvalue weighted by Crippen LogP contribution is -2.39. The minimum Gasteiger partial charge on any atom is -0.334 e. The van der Waals surface area contributed by atoms with Gasteiger partial charge in [-0.2, -0.15) is 11.8 Å². The molecule has 1 atom stereocenters. The van der Waals surface area contributed by atoms with Gasteiger partial charge in [0.2, 0.25) is 5.91 Å². The number of hydrogen-bond donors (Lipinski definition) is 2. The van der Waals surface area contributed by atoms with E-state index in [4.69, 9.17) is 0 Å². The van der Waals surface area contributed by atoms with E-state index in [1.54, 1.807) is 6.20 Å². The highest BCUT2D eigenvalue weighted by Gasteiger charge is 2.16. The van der Waals surface area contributed by atoms with Gasteiger partial charge in [-0.05, 0) is 12.1 Å². The second-order valence-electron chi connectivity index (χ2n) is 5.42. The monoisotopic (exact) mass is 316 g/mol. The molecule has 116 valence electrons. The van der Waals surface area contributed by atoms with Crippen LogP contribution in [-0.4, -0.2) is 39.6 Å². The van der Waals surface area contributed by atoms with Crippen molar-refractivity contribution in [1.82, 2.24) is 14.9 Å². The van der Waals surface area contributed by atoms with Crippen LogP contribution in [0, 0.1) is 0 Å². The fourth-order valence-corrected chi connectivity index (χ4v) is 3.52. The van der Waals surface area contributed by atoms with Crippen LogP contribution in [0.1, 0.15) is 6.42 Å². The Hall–Kier alpha value is -1.79. The minimum atomic E-state index is 0.0528. The molecule has 1 aromatic heterocycles. The number of nitrogens with zero attached hydrogens (tertiary/aromatic N) is 2. The standard InChI is InChI=1S/C16H20N4OS/c1-20-7-5-18-16(20)12-3-2-4-13(9-12)19-15(21)10-14-11-22-8-6-17-14/h2-5,7,9,14,17H,6,8,10-11H2,1H3,(H,19,21). The smallest absolute Gasteiger partial charge is 0.225 e. The van der Waals surface area contributed by atoms with Crippen LogP contribution in [0.15, 0.2) is 36.7 Å². The van der Waals surface area contributed by atoms with Crippen LogP contribution in [0.25, 0.3) is 11.4 Å². The quantitative estimate of drug-likeness (QED) is 0.907. The Morgan fingerprint density at radius 1 is 1.55 bits per heavy atom. The summed E-state index contributed by atoms with van der Waals surface area (Å²) in [5, 5.41) is 6.37. The molecular weight excluding hydrogens is 296 g/mol. The molecule has 0 saturated carbocycles. The Kier molecular flexibility index (Phi) is 4.80. The SMILES string of the molecule is Cn1ccnc1-c1cccc(NC(=O)CC2CSCCN2)c1. The van der Waals surface area contributed by atoms with E-state index in [2.05, 4.69) is 15.6 Å². The second-order valence-corrected chi connectivity index (χ2v) is 6.57. The van der Waals surface area contributed by atoms with Crippen molar-refractivity contribution in [3.05, 3.63) is 36.7 Å². The van der Waals surface area contributed by atoms with Crippen molar-refractivity contribution in [2.75, 3.05) is 23.4 Å². The highest BCUT2D eigenvalue weighted by Crippen LogP contribution is 2.21. The molecule has 1 aliphatic heterocycles. The fourth-order valence-electron chi connectivity index (χ4n) is 2.57. The van der Waals surface area contributed by atoms with Gasteiger partial charge in [0, 0.05) is 61.2 Å². The molecule has 3 rings (SSSR count). The van der Waals surface area contributed by atoms with Crippen LogP contribution in [0.5, 0.6) is 0 Å². The van der Waals surface area contributed by atoms with E-state index in [1.807, 2.05) is 53.8 Å².